The van der Waals surface area contributed by atoms with E-state index < -0.39 is 0 Å². The van der Waals surface area contributed by atoms with Crippen LogP contribution in [0.4, 0.5) is 0 Å². The summed E-state index contributed by atoms with van der Waals surface area (Å²) in [5.74, 6) is 0.712. The summed E-state index contributed by atoms with van der Waals surface area (Å²) in [5, 5.41) is 0. The molecule has 0 bridgehead atoms. The lowest BCUT2D eigenvalue weighted by Gasteiger charge is -2.16. The van der Waals surface area contributed by atoms with Crippen molar-refractivity contribution in [3.05, 3.63) is 29.3 Å². The molecule has 0 radical (unpaired) electrons. The number of rotatable bonds is 3. The number of carbonyl (C=O) groups is 1. The van der Waals surface area contributed by atoms with Gasteiger partial charge in [-0.1, -0.05) is 0 Å². The first kappa shape index (κ1) is 10.1. The zero-order valence-corrected chi connectivity index (χ0v) is 8.49. The van der Waals surface area contributed by atoms with E-state index in [2.05, 4.69) is 0 Å². The fourth-order valence-corrected chi connectivity index (χ4v) is 1.51. The summed E-state index contributed by atoms with van der Waals surface area (Å²) >= 11 is 0. The van der Waals surface area contributed by atoms with Gasteiger partial charge in [-0.05, 0) is 23.8 Å². The van der Waals surface area contributed by atoms with Crippen molar-refractivity contribution in [2.24, 2.45) is 0 Å². The van der Waals surface area contributed by atoms with Gasteiger partial charge in [0.1, 0.15) is 12.4 Å². The summed E-state index contributed by atoms with van der Waals surface area (Å²) in [6.45, 7) is 0.837. The molecule has 0 amide bonds. The van der Waals surface area contributed by atoms with E-state index in [1.54, 1.807) is 19.2 Å². The molecule has 0 atom stereocenters. The summed E-state index contributed by atoms with van der Waals surface area (Å²) in [5.41, 5.74) is 1.60. The number of carbonyl (C=O) groups excluding carboxylic acids is 1. The van der Waals surface area contributed by atoms with Crippen LogP contribution < -0.4 is 4.74 Å². The van der Waals surface area contributed by atoms with Crippen molar-refractivity contribution in [2.75, 3.05) is 20.5 Å². The normalized spacial score (nSPS) is 14.9. The minimum absolute atomic E-state index is 0.0227. The van der Waals surface area contributed by atoms with Gasteiger partial charge in [0.15, 0.2) is 12.6 Å². The van der Waals surface area contributed by atoms with E-state index in [1.807, 2.05) is 6.07 Å². The molecule has 0 aromatic heterocycles. The molecule has 1 aromatic carbocycles. The Morgan fingerprint density at radius 3 is 3.07 bits per heavy atom. The SMILES string of the molecule is COCOc1ccc2c(c1)COCC2=O. The van der Waals surface area contributed by atoms with E-state index in [0.29, 0.717) is 12.4 Å². The summed E-state index contributed by atoms with van der Waals surface area (Å²) in [7, 11) is 1.56. The number of ketones is 1. The van der Waals surface area contributed by atoms with E-state index in [4.69, 9.17) is 14.2 Å². The lowest BCUT2D eigenvalue weighted by atomic mass is 10.0. The van der Waals surface area contributed by atoms with Crippen LogP contribution in [0, 0.1) is 0 Å². The molecule has 4 nitrogen and oxygen atoms in total. The molecular weight excluding hydrogens is 196 g/mol. The maximum absolute atomic E-state index is 11.4. The molecule has 15 heavy (non-hydrogen) atoms. The Kier molecular flexibility index (Phi) is 2.99. The highest BCUT2D eigenvalue weighted by molar-refractivity contribution is 5.99. The molecule has 0 unspecified atom stereocenters. The topological polar surface area (TPSA) is 44.8 Å². The van der Waals surface area contributed by atoms with Gasteiger partial charge >= 0.3 is 0 Å². The predicted molar refractivity (Wildman–Crippen MR) is 52.9 cm³/mol. The summed E-state index contributed by atoms with van der Waals surface area (Å²) in [4.78, 5) is 11.4. The second kappa shape index (κ2) is 4.42. The highest BCUT2D eigenvalue weighted by Gasteiger charge is 2.17. The standard InChI is InChI=1S/C11H12O4/c1-13-7-15-9-2-3-10-8(4-9)5-14-6-11(10)12/h2-4H,5-7H2,1H3. The number of fused-ring (bicyclic) bond motifs is 1. The van der Waals surface area contributed by atoms with E-state index in [0.717, 1.165) is 11.1 Å². The first-order valence-corrected chi connectivity index (χ1v) is 4.67. The van der Waals surface area contributed by atoms with E-state index >= 15 is 0 Å². The highest BCUT2D eigenvalue weighted by Crippen LogP contribution is 2.22. The van der Waals surface area contributed by atoms with E-state index in [1.165, 1.54) is 0 Å². The molecule has 0 spiro atoms. The van der Waals surface area contributed by atoms with Crippen molar-refractivity contribution in [3.63, 3.8) is 0 Å². The lowest BCUT2D eigenvalue weighted by molar-refractivity contribution is 0.0504. The Hall–Kier alpha value is -1.39. The van der Waals surface area contributed by atoms with Crippen LogP contribution in [0.25, 0.3) is 0 Å². The Labute approximate surface area is 87.8 Å². The zero-order valence-electron chi connectivity index (χ0n) is 8.49. The third kappa shape index (κ3) is 2.16. The molecule has 1 aliphatic rings. The van der Waals surface area contributed by atoms with Gasteiger partial charge in [0, 0.05) is 12.7 Å². The van der Waals surface area contributed by atoms with Gasteiger partial charge in [-0.15, -0.1) is 0 Å². The molecule has 0 fully saturated rings. The fraction of sp³-hybridized carbons (Fsp3) is 0.364. The largest absolute Gasteiger partial charge is 0.468 e. The van der Waals surface area contributed by atoms with Crippen molar-refractivity contribution in [3.8, 4) is 5.75 Å². The molecule has 1 aliphatic heterocycles. The molecule has 0 saturated carbocycles. The Balaban J connectivity index is 2.21. The molecule has 4 heteroatoms. The Morgan fingerprint density at radius 2 is 2.27 bits per heavy atom. The van der Waals surface area contributed by atoms with Crippen LogP contribution in [0.15, 0.2) is 18.2 Å². The Bertz CT molecular complexity index is 373. The van der Waals surface area contributed by atoms with Crippen LogP contribution in [0.2, 0.25) is 0 Å². The van der Waals surface area contributed by atoms with Gasteiger partial charge in [-0.3, -0.25) is 4.79 Å². The summed E-state index contributed by atoms with van der Waals surface area (Å²) < 4.78 is 15.2. The number of Topliss-reactive ketones (excluding diaryl/α,β-unsaturated/α-hetero) is 1. The average molecular weight is 208 g/mol. The van der Waals surface area contributed by atoms with Gasteiger partial charge in [-0.25, -0.2) is 0 Å². The van der Waals surface area contributed by atoms with Crippen molar-refractivity contribution in [1.29, 1.82) is 0 Å². The van der Waals surface area contributed by atoms with Gasteiger partial charge in [0.05, 0.1) is 6.61 Å². The lowest BCUT2D eigenvalue weighted by Crippen LogP contribution is -2.18. The Morgan fingerprint density at radius 1 is 1.40 bits per heavy atom. The van der Waals surface area contributed by atoms with Crippen LogP contribution in [0.3, 0.4) is 0 Å². The predicted octanol–water partition coefficient (Wildman–Crippen LogP) is 1.38. The van der Waals surface area contributed by atoms with Crippen molar-refractivity contribution in [1.82, 2.24) is 0 Å². The fourth-order valence-electron chi connectivity index (χ4n) is 1.51. The van der Waals surface area contributed by atoms with Crippen LogP contribution in [0.1, 0.15) is 15.9 Å². The van der Waals surface area contributed by atoms with Gasteiger partial charge < -0.3 is 14.2 Å². The molecule has 2 rings (SSSR count). The molecule has 1 heterocycles. The second-order valence-electron chi connectivity index (χ2n) is 3.29. The van der Waals surface area contributed by atoms with Crippen molar-refractivity contribution >= 4 is 5.78 Å². The second-order valence-corrected chi connectivity index (χ2v) is 3.29. The van der Waals surface area contributed by atoms with Gasteiger partial charge in [0.2, 0.25) is 0 Å². The number of hydrogen-bond acceptors (Lipinski definition) is 4. The molecule has 1 aromatic rings. The number of hydrogen-bond donors (Lipinski definition) is 0. The third-order valence-electron chi connectivity index (χ3n) is 2.21. The maximum Gasteiger partial charge on any atom is 0.188 e. The van der Waals surface area contributed by atoms with Crippen LogP contribution >= 0.6 is 0 Å². The minimum Gasteiger partial charge on any atom is -0.468 e. The van der Waals surface area contributed by atoms with Crippen molar-refractivity contribution < 1.29 is 19.0 Å². The number of benzene rings is 1. The van der Waals surface area contributed by atoms with E-state index in [-0.39, 0.29) is 19.2 Å². The molecule has 80 valence electrons. The van der Waals surface area contributed by atoms with Crippen LogP contribution in [-0.2, 0) is 16.1 Å². The quantitative estimate of drug-likeness (QED) is 0.704. The molecule has 0 saturated heterocycles. The van der Waals surface area contributed by atoms with E-state index in [9.17, 15) is 4.79 Å². The maximum atomic E-state index is 11.4. The zero-order chi connectivity index (χ0) is 10.7. The number of ether oxygens (including phenoxy) is 3. The molecular formula is C11H12O4. The number of methoxy groups -OCH3 is 1. The smallest absolute Gasteiger partial charge is 0.188 e. The van der Waals surface area contributed by atoms with Gasteiger partial charge in [-0.2, -0.15) is 0 Å². The van der Waals surface area contributed by atoms with Crippen molar-refractivity contribution in [2.45, 2.75) is 6.61 Å². The van der Waals surface area contributed by atoms with Gasteiger partial charge in [0.25, 0.3) is 0 Å². The van der Waals surface area contributed by atoms with Crippen LogP contribution in [0.5, 0.6) is 5.75 Å². The summed E-state index contributed by atoms with van der Waals surface area (Å²) in [6.07, 6.45) is 0. The minimum atomic E-state index is 0.0227. The third-order valence-corrected chi connectivity index (χ3v) is 2.21. The summed E-state index contributed by atoms with van der Waals surface area (Å²) in [6, 6.07) is 5.34. The molecule has 0 N–H and O–H groups in total. The highest BCUT2D eigenvalue weighted by atomic mass is 16.7. The first-order chi connectivity index (χ1) is 7.31. The first-order valence-electron chi connectivity index (χ1n) is 4.67. The monoisotopic (exact) mass is 208 g/mol. The molecule has 0 aliphatic carbocycles. The van der Waals surface area contributed by atoms with Crippen LogP contribution in [-0.4, -0.2) is 26.3 Å². The average Bonchev–Trinajstić information content (AvgIpc) is 2.26.